The van der Waals surface area contributed by atoms with Crippen molar-refractivity contribution in [3.63, 3.8) is 0 Å². The molecule has 0 unspecified atom stereocenters. The van der Waals surface area contributed by atoms with Crippen molar-refractivity contribution in [3.8, 4) is 0 Å². The molecule has 5 aliphatic rings. The van der Waals surface area contributed by atoms with Gasteiger partial charge in [-0.2, -0.15) is 0 Å². The average Bonchev–Trinajstić information content (AvgIpc) is 3.24. The van der Waals surface area contributed by atoms with Crippen LogP contribution in [0.3, 0.4) is 0 Å². The van der Waals surface area contributed by atoms with Crippen molar-refractivity contribution in [2.24, 2.45) is 22.9 Å². The highest BCUT2D eigenvalue weighted by atomic mass is 16.7. The average molecular weight is 556 g/mol. The zero-order chi connectivity index (χ0) is 28.7. The summed E-state index contributed by atoms with van der Waals surface area (Å²) in [6.45, 7) is 10.5. The van der Waals surface area contributed by atoms with Gasteiger partial charge in [0.15, 0.2) is 5.79 Å². The number of allylic oxidation sites excluding steroid dienone is 4. The van der Waals surface area contributed by atoms with E-state index >= 15 is 0 Å². The van der Waals surface area contributed by atoms with Crippen LogP contribution in [-0.2, 0) is 23.7 Å². The molecular formula is C32H45NO7. The van der Waals surface area contributed by atoms with E-state index in [0.717, 1.165) is 32.1 Å². The minimum absolute atomic E-state index is 0.0940. The summed E-state index contributed by atoms with van der Waals surface area (Å²) in [6.07, 6.45) is 13.6. The number of oxime groups is 1. The van der Waals surface area contributed by atoms with Gasteiger partial charge in [-0.15, -0.1) is 0 Å². The normalized spacial score (nSPS) is 45.6. The molecular weight excluding hydrogens is 510 g/mol. The van der Waals surface area contributed by atoms with E-state index in [1.54, 1.807) is 13.0 Å². The number of carbonyl (C=O) groups excluding carboxylic acids is 1. The lowest BCUT2D eigenvalue weighted by atomic mass is 9.71. The fourth-order valence-corrected chi connectivity index (χ4v) is 7.22. The van der Waals surface area contributed by atoms with E-state index in [-0.39, 0.29) is 30.4 Å². The van der Waals surface area contributed by atoms with Crippen molar-refractivity contribution >= 4 is 11.7 Å². The van der Waals surface area contributed by atoms with E-state index in [0.29, 0.717) is 29.9 Å². The van der Waals surface area contributed by atoms with Crippen molar-refractivity contribution in [1.82, 2.24) is 0 Å². The SMILES string of the molecule is CC[C@H]1O[C@]2(CC[C@@H]1C)C[C@@H]1C[C@@H](C/C=C(/C)C[C@@H](C)/C=C\C=C3CO[C@@H]4/C(=N/O)C(C)=C[C@@H](C(=O)O1)[C@]34O)O2. The van der Waals surface area contributed by atoms with Crippen LogP contribution < -0.4 is 0 Å². The van der Waals surface area contributed by atoms with Gasteiger partial charge in [-0.25, -0.2) is 0 Å². The van der Waals surface area contributed by atoms with E-state index < -0.39 is 35.5 Å². The van der Waals surface area contributed by atoms with Gasteiger partial charge >= 0.3 is 5.97 Å². The highest BCUT2D eigenvalue weighted by Crippen LogP contribution is 2.46. The molecule has 220 valence electrons. The van der Waals surface area contributed by atoms with Crippen LogP contribution >= 0.6 is 0 Å². The fourth-order valence-electron chi connectivity index (χ4n) is 7.22. The quantitative estimate of drug-likeness (QED) is 0.193. The lowest BCUT2D eigenvalue weighted by Crippen LogP contribution is -2.57. The third kappa shape index (κ3) is 5.48. The lowest BCUT2D eigenvalue weighted by molar-refractivity contribution is -0.335. The summed E-state index contributed by atoms with van der Waals surface area (Å²) in [6, 6.07) is 0. The van der Waals surface area contributed by atoms with Gasteiger partial charge < -0.3 is 29.3 Å². The van der Waals surface area contributed by atoms with Crippen molar-refractivity contribution in [2.45, 2.75) is 115 Å². The van der Waals surface area contributed by atoms with Gasteiger partial charge in [0.1, 0.15) is 29.4 Å². The second kappa shape index (κ2) is 11.6. The number of hydrogen-bond acceptors (Lipinski definition) is 8. The Morgan fingerprint density at radius 3 is 2.73 bits per heavy atom. The molecule has 0 radical (unpaired) electrons. The maximum Gasteiger partial charge on any atom is 0.316 e. The Hall–Kier alpha value is -2.26. The molecule has 0 aromatic heterocycles. The predicted octanol–water partition coefficient (Wildman–Crippen LogP) is 5.39. The Bertz CT molecular complexity index is 1140. The van der Waals surface area contributed by atoms with Crippen molar-refractivity contribution < 1.29 is 34.1 Å². The molecule has 0 aromatic carbocycles. The number of hydrogen-bond donors (Lipinski definition) is 2. The molecule has 4 aliphatic heterocycles. The minimum atomic E-state index is -1.72. The second-order valence-electron chi connectivity index (χ2n) is 12.6. The summed E-state index contributed by atoms with van der Waals surface area (Å²) in [5.74, 6) is -1.60. The van der Waals surface area contributed by atoms with Crippen LogP contribution in [-0.4, -0.2) is 64.4 Å². The monoisotopic (exact) mass is 555 g/mol. The third-order valence-electron chi connectivity index (χ3n) is 9.45. The van der Waals surface area contributed by atoms with Crippen molar-refractivity contribution in [3.05, 3.63) is 47.1 Å². The maximum atomic E-state index is 13.9. The summed E-state index contributed by atoms with van der Waals surface area (Å²) >= 11 is 0. The third-order valence-corrected chi connectivity index (χ3v) is 9.45. The topological polar surface area (TPSA) is 107 Å². The highest BCUT2D eigenvalue weighted by Gasteiger charge is 2.59. The number of carbonyl (C=O) groups is 1. The van der Waals surface area contributed by atoms with Gasteiger partial charge in [-0.1, -0.05) is 61.9 Å². The van der Waals surface area contributed by atoms with Crippen LogP contribution in [0.1, 0.15) is 79.6 Å². The van der Waals surface area contributed by atoms with Crippen molar-refractivity contribution in [2.75, 3.05) is 6.61 Å². The molecule has 9 atom stereocenters. The zero-order valence-corrected chi connectivity index (χ0v) is 24.5. The van der Waals surface area contributed by atoms with Gasteiger partial charge in [0, 0.05) is 19.3 Å². The van der Waals surface area contributed by atoms with Crippen LogP contribution in [0.4, 0.5) is 0 Å². The number of ether oxygens (including phenoxy) is 4. The summed E-state index contributed by atoms with van der Waals surface area (Å²) in [4.78, 5) is 13.9. The molecule has 5 rings (SSSR count). The molecule has 2 N–H and O–H groups in total. The maximum absolute atomic E-state index is 13.9. The van der Waals surface area contributed by atoms with Crippen LogP contribution in [0.5, 0.6) is 0 Å². The fraction of sp³-hybridized carbons (Fsp3) is 0.688. The first-order chi connectivity index (χ1) is 19.1. The molecule has 1 spiro atoms. The van der Waals surface area contributed by atoms with Crippen LogP contribution in [0.2, 0.25) is 0 Å². The molecule has 3 fully saturated rings. The largest absolute Gasteiger partial charge is 0.462 e. The standard InChI is InChI=1S/C32H45NO7/c1-6-27-21(4)12-13-31(40-27)17-25-16-24(39-31)11-10-20(3)14-19(2)8-7-9-23-18-37-29-28(33-36)22(5)15-26(30(34)38-25)32(23,29)35/h7-10,15,19,21,24-27,29,35-36H,6,11-14,16-18H2,1-5H3/b8-7-,20-10-,23-9?,33-28+/t19-,21-,24+,25-,26-,27+,29+,31+,32+/m0/s1. The van der Waals surface area contributed by atoms with Gasteiger partial charge in [-0.05, 0) is 62.5 Å². The molecule has 3 saturated heterocycles. The van der Waals surface area contributed by atoms with Gasteiger partial charge in [0.05, 0.1) is 18.8 Å². The molecule has 0 saturated carbocycles. The van der Waals surface area contributed by atoms with Crippen LogP contribution in [0.15, 0.2) is 52.3 Å². The summed E-state index contributed by atoms with van der Waals surface area (Å²) in [7, 11) is 0. The molecule has 2 bridgehead atoms. The van der Waals surface area contributed by atoms with E-state index in [4.69, 9.17) is 18.9 Å². The molecule has 1 aliphatic carbocycles. The highest BCUT2D eigenvalue weighted by molar-refractivity contribution is 6.06. The molecule has 8 nitrogen and oxygen atoms in total. The Kier molecular flexibility index (Phi) is 8.44. The lowest BCUT2D eigenvalue weighted by Gasteiger charge is -2.49. The number of nitrogens with zero attached hydrogens (tertiary/aromatic N) is 1. The van der Waals surface area contributed by atoms with Crippen LogP contribution in [0.25, 0.3) is 0 Å². The van der Waals surface area contributed by atoms with Crippen molar-refractivity contribution in [1.29, 1.82) is 0 Å². The molecule has 40 heavy (non-hydrogen) atoms. The number of fused-ring (bicyclic) bond motifs is 2. The van der Waals surface area contributed by atoms with Gasteiger partial charge in [0.2, 0.25) is 0 Å². The number of aliphatic hydroxyl groups is 1. The van der Waals surface area contributed by atoms with Gasteiger partial charge in [0.25, 0.3) is 0 Å². The Morgan fingerprint density at radius 1 is 1.18 bits per heavy atom. The summed E-state index contributed by atoms with van der Waals surface area (Å²) in [5.41, 5.74) is 0.922. The summed E-state index contributed by atoms with van der Waals surface area (Å²) < 4.78 is 25.5. The van der Waals surface area contributed by atoms with E-state index in [1.165, 1.54) is 5.57 Å². The number of esters is 1. The Labute approximate surface area is 237 Å². The zero-order valence-electron chi connectivity index (χ0n) is 24.5. The first kappa shape index (κ1) is 29.2. The molecule has 0 amide bonds. The Balaban J connectivity index is 1.53. The van der Waals surface area contributed by atoms with E-state index in [1.807, 2.05) is 12.2 Å². The molecule has 8 heteroatoms. The second-order valence-corrected chi connectivity index (χ2v) is 12.6. The van der Waals surface area contributed by atoms with Gasteiger partial charge in [-0.3, -0.25) is 4.79 Å². The minimum Gasteiger partial charge on any atom is -0.462 e. The van der Waals surface area contributed by atoms with E-state index in [2.05, 4.69) is 45.0 Å². The van der Waals surface area contributed by atoms with E-state index in [9.17, 15) is 15.1 Å². The molecule has 0 aromatic rings. The smallest absolute Gasteiger partial charge is 0.316 e. The first-order valence-corrected chi connectivity index (χ1v) is 14.9. The molecule has 4 heterocycles. The van der Waals surface area contributed by atoms with Crippen LogP contribution in [0, 0.1) is 17.8 Å². The Morgan fingerprint density at radius 2 is 1.98 bits per heavy atom. The first-order valence-electron chi connectivity index (χ1n) is 14.9. The number of rotatable bonds is 1. The summed E-state index contributed by atoms with van der Waals surface area (Å²) in [5, 5.41) is 25.3. The predicted molar refractivity (Wildman–Crippen MR) is 151 cm³/mol.